The van der Waals surface area contributed by atoms with E-state index in [1.54, 1.807) is 18.0 Å². The third kappa shape index (κ3) is 4.54. The van der Waals surface area contributed by atoms with Crippen molar-refractivity contribution >= 4 is 23.2 Å². The van der Waals surface area contributed by atoms with Gasteiger partial charge in [0.15, 0.2) is 0 Å². The maximum Gasteiger partial charge on any atom is 0.219 e. The number of nitrogens with zero attached hydrogens (tertiary/aromatic N) is 5. The highest BCUT2D eigenvalue weighted by Gasteiger charge is 2.26. The highest BCUT2D eigenvalue weighted by atomic mass is 16.2. The smallest absolute Gasteiger partial charge is 0.219 e. The van der Waals surface area contributed by atoms with Crippen molar-refractivity contribution in [1.29, 1.82) is 5.41 Å². The van der Waals surface area contributed by atoms with E-state index >= 15 is 0 Å². The number of nitrogens with one attached hydrogen (secondary N) is 1. The quantitative estimate of drug-likeness (QED) is 0.470. The van der Waals surface area contributed by atoms with E-state index in [1.807, 2.05) is 43.1 Å². The second-order valence-electron chi connectivity index (χ2n) is 8.71. The molecule has 0 aliphatic carbocycles. The van der Waals surface area contributed by atoms with Crippen molar-refractivity contribution in [3.63, 3.8) is 0 Å². The third-order valence-corrected chi connectivity index (χ3v) is 6.36. The molecule has 5 N–H and O–H groups in total. The molecule has 33 heavy (non-hydrogen) atoms. The highest BCUT2D eigenvalue weighted by molar-refractivity contribution is 6.09. The van der Waals surface area contributed by atoms with Crippen LogP contribution in [0.4, 0.5) is 11.5 Å². The lowest BCUT2D eigenvalue weighted by Crippen LogP contribution is -2.56. The van der Waals surface area contributed by atoms with Crippen LogP contribution in [-0.4, -0.2) is 65.4 Å². The largest absolute Gasteiger partial charge is 0.402 e. The average Bonchev–Trinajstić information content (AvgIpc) is 2.78. The Kier molecular flexibility index (Phi) is 6.33. The third-order valence-electron chi connectivity index (χ3n) is 6.36. The summed E-state index contributed by atoms with van der Waals surface area (Å²) >= 11 is 0. The second-order valence-corrected chi connectivity index (χ2v) is 8.71. The molecular weight excluding hydrogens is 416 g/mol. The van der Waals surface area contributed by atoms with Crippen molar-refractivity contribution in [1.82, 2.24) is 14.9 Å². The molecule has 1 saturated heterocycles. The monoisotopic (exact) mass is 448 g/mol. The SMILES string of the molecule is CCN(C(=N)C1=C(N)CCN(C(C)=O)C1)c1cnc(-c2ccc(N3CC(N)C3)nc2)cc1C. The molecule has 2 aromatic heterocycles. The fourth-order valence-electron chi connectivity index (χ4n) is 4.30. The molecule has 2 aliphatic heterocycles. The Bertz CT molecular complexity index is 1090. The van der Waals surface area contributed by atoms with E-state index in [0.29, 0.717) is 43.2 Å². The number of carbonyl (C=O) groups excluding carboxylic acids is 1. The van der Waals surface area contributed by atoms with Gasteiger partial charge in [0.25, 0.3) is 0 Å². The topological polar surface area (TPSA) is 128 Å². The zero-order valence-corrected chi connectivity index (χ0v) is 19.5. The summed E-state index contributed by atoms with van der Waals surface area (Å²) in [4.78, 5) is 26.9. The lowest BCUT2D eigenvalue weighted by Gasteiger charge is -2.37. The van der Waals surface area contributed by atoms with Gasteiger partial charge in [-0.25, -0.2) is 4.98 Å². The maximum atomic E-state index is 11.9. The molecule has 9 heteroatoms. The fourth-order valence-corrected chi connectivity index (χ4v) is 4.30. The van der Waals surface area contributed by atoms with E-state index in [9.17, 15) is 4.79 Å². The van der Waals surface area contributed by atoms with E-state index in [4.69, 9.17) is 16.9 Å². The Balaban J connectivity index is 1.55. The predicted octanol–water partition coefficient (Wildman–Crippen LogP) is 1.87. The van der Waals surface area contributed by atoms with Crippen LogP contribution in [0.3, 0.4) is 0 Å². The summed E-state index contributed by atoms with van der Waals surface area (Å²) in [5, 5.41) is 8.85. The van der Waals surface area contributed by atoms with Gasteiger partial charge in [-0.2, -0.15) is 0 Å². The molecule has 2 aromatic rings. The zero-order chi connectivity index (χ0) is 23.7. The molecule has 9 nitrogen and oxygen atoms in total. The van der Waals surface area contributed by atoms with Gasteiger partial charge in [-0.15, -0.1) is 0 Å². The van der Waals surface area contributed by atoms with Crippen LogP contribution in [0.2, 0.25) is 0 Å². The molecule has 0 spiro atoms. The van der Waals surface area contributed by atoms with E-state index in [-0.39, 0.29) is 11.9 Å². The van der Waals surface area contributed by atoms with Crippen LogP contribution in [0, 0.1) is 12.3 Å². The van der Waals surface area contributed by atoms with Crippen LogP contribution in [0.5, 0.6) is 0 Å². The van der Waals surface area contributed by atoms with Crippen LogP contribution in [0.25, 0.3) is 11.3 Å². The molecule has 2 aliphatic rings. The molecule has 4 heterocycles. The predicted molar refractivity (Wildman–Crippen MR) is 131 cm³/mol. The number of rotatable bonds is 5. The minimum absolute atomic E-state index is 0.00497. The lowest BCUT2D eigenvalue weighted by molar-refractivity contribution is -0.128. The molecule has 0 aromatic carbocycles. The highest BCUT2D eigenvalue weighted by Crippen LogP contribution is 2.28. The van der Waals surface area contributed by atoms with Gasteiger partial charge < -0.3 is 26.2 Å². The van der Waals surface area contributed by atoms with Gasteiger partial charge in [-0.05, 0) is 37.6 Å². The van der Waals surface area contributed by atoms with Crippen LogP contribution in [0.1, 0.15) is 25.8 Å². The molecule has 0 radical (unpaired) electrons. The summed E-state index contributed by atoms with van der Waals surface area (Å²) in [7, 11) is 0. The summed E-state index contributed by atoms with van der Waals surface area (Å²) in [6.45, 7) is 8.77. The number of hydrogen-bond donors (Lipinski definition) is 3. The number of aromatic nitrogens is 2. The Morgan fingerprint density at radius 1 is 1.27 bits per heavy atom. The first-order valence-corrected chi connectivity index (χ1v) is 11.3. The van der Waals surface area contributed by atoms with Gasteiger partial charge >= 0.3 is 0 Å². The first-order valence-electron chi connectivity index (χ1n) is 11.3. The number of anilines is 2. The number of aryl methyl sites for hydroxylation is 1. The number of nitrogens with two attached hydrogens (primary N) is 2. The summed E-state index contributed by atoms with van der Waals surface area (Å²) in [5.41, 5.74) is 17.1. The van der Waals surface area contributed by atoms with Crippen molar-refractivity contribution in [2.45, 2.75) is 33.2 Å². The molecule has 0 unspecified atom stereocenters. The van der Waals surface area contributed by atoms with Crippen molar-refractivity contribution in [3.8, 4) is 11.3 Å². The van der Waals surface area contributed by atoms with Crippen molar-refractivity contribution in [2.75, 3.05) is 42.5 Å². The minimum atomic E-state index is -0.00497. The summed E-state index contributed by atoms with van der Waals surface area (Å²) in [6, 6.07) is 6.27. The number of amidine groups is 1. The molecule has 0 saturated carbocycles. The lowest BCUT2D eigenvalue weighted by atomic mass is 10.0. The molecule has 0 atom stereocenters. The molecule has 4 rings (SSSR count). The Hall–Kier alpha value is -3.46. The summed E-state index contributed by atoms with van der Waals surface area (Å²) in [6.07, 6.45) is 4.22. The minimum Gasteiger partial charge on any atom is -0.402 e. The Morgan fingerprint density at radius 3 is 2.61 bits per heavy atom. The fraction of sp³-hybridized carbons (Fsp3) is 0.417. The molecule has 0 bridgehead atoms. The number of hydrogen-bond acceptors (Lipinski definition) is 7. The summed E-state index contributed by atoms with van der Waals surface area (Å²) in [5.74, 6) is 1.24. The van der Waals surface area contributed by atoms with Crippen LogP contribution in [-0.2, 0) is 4.79 Å². The van der Waals surface area contributed by atoms with Gasteiger partial charge in [-0.3, -0.25) is 15.2 Å². The van der Waals surface area contributed by atoms with Gasteiger partial charge in [-0.1, -0.05) is 0 Å². The first-order chi connectivity index (χ1) is 15.8. The maximum absolute atomic E-state index is 11.9. The normalized spacial score (nSPS) is 16.6. The Morgan fingerprint density at radius 2 is 2.03 bits per heavy atom. The second kappa shape index (κ2) is 9.19. The number of likely N-dealkylation sites (N-methyl/N-ethyl adjacent to an activating group) is 1. The zero-order valence-electron chi connectivity index (χ0n) is 19.5. The van der Waals surface area contributed by atoms with Gasteiger partial charge in [0.2, 0.25) is 5.91 Å². The number of pyridine rings is 2. The van der Waals surface area contributed by atoms with E-state index < -0.39 is 0 Å². The molecular formula is C24H32N8O. The van der Waals surface area contributed by atoms with Crippen molar-refractivity contribution in [2.24, 2.45) is 11.5 Å². The molecule has 1 fully saturated rings. The van der Waals surface area contributed by atoms with E-state index in [2.05, 4.69) is 14.9 Å². The van der Waals surface area contributed by atoms with Gasteiger partial charge in [0, 0.05) is 68.6 Å². The number of amides is 1. The van der Waals surface area contributed by atoms with Crippen molar-refractivity contribution < 1.29 is 4.79 Å². The van der Waals surface area contributed by atoms with Gasteiger partial charge in [0.05, 0.1) is 24.1 Å². The standard InChI is InChI=1S/C24H32N8O/c1-4-32(24(27)19-14-30(16(3)33)8-7-20(19)26)22-11-28-21(9-15(22)2)17-5-6-23(29-10-17)31-12-18(25)13-31/h5-6,9-11,18,27H,4,7-8,12-14,25-26H2,1-3H3. The molecule has 174 valence electrons. The Labute approximate surface area is 194 Å². The first kappa shape index (κ1) is 22.7. The van der Waals surface area contributed by atoms with E-state index in [0.717, 1.165) is 41.4 Å². The van der Waals surface area contributed by atoms with Gasteiger partial charge in [0.1, 0.15) is 11.7 Å². The average molecular weight is 449 g/mol. The van der Waals surface area contributed by atoms with Crippen LogP contribution in [0.15, 0.2) is 41.9 Å². The molecule has 1 amide bonds. The van der Waals surface area contributed by atoms with Crippen LogP contribution >= 0.6 is 0 Å². The van der Waals surface area contributed by atoms with Crippen molar-refractivity contribution in [3.05, 3.63) is 47.4 Å². The summed E-state index contributed by atoms with van der Waals surface area (Å²) < 4.78 is 0. The number of carbonyl (C=O) groups is 1. The van der Waals surface area contributed by atoms with E-state index in [1.165, 1.54) is 0 Å². The van der Waals surface area contributed by atoms with Crippen LogP contribution < -0.4 is 21.3 Å².